The molecular formula is C13H20O3. The summed E-state index contributed by atoms with van der Waals surface area (Å²) in [5.74, 6) is 0.773. The van der Waals surface area contributed by atoms with Crippen LogP contribution in [0.4, 0.5) is 0 Å². The largest absolute Gasteiger partial charge is 0.493 e. The summed E-state index contributed by atoms with van der Waals surface area (Å²) in [6, 6.07) is 7.62. The molecule has 1 aromatic carbocycles. The number of aliphatic hydroxyl groups excluding tert-OH is 1. The van der Waals surface area contributed by atoms with Crippen molar-refractivity contribution in [3.8, 4) is 5.75 Å². The molecule has 0 radical (unpaired) electrons. The van der Waals surface area contributed by atoms with E-state index in [1.54, 1.807) is 7.11 Å². The van der Waals surface area contributed by atoms with Crippen LogP contribution < -0.4 is 4.74 Å². The average molecular weight is 224 g/mol. The zero-order valence-corrected chi connectivity index (χ0v) is 9.98. The van der Waals surface area contributed by atoms with Crippen molar-refractivity contribution in [2.45, 2.75) is 25.9 Å². The number of aliphatic hydroxyl groups is 1. The predicted molar refractivity (Wildman–Crippen MR) is 63.7 cm³/mol. The SMILES string of the molecule is CCOc1ccccc1C(O)CCCOC. The van der Waals surface area contributed by atoms with Gasteiger partial charge in [0.1, 0.15) is 5.75 Å². The van der Waals surface area contributed by atoms with Gasteiger partial charge in [-0.2, -0.15) is 0 Å². The minimum absolute atomic E-state index is 0.474. The number of hydrogen-bond donors (Lipinski definition) is 1. The molecule has 0 bridgehead atoms. The first-order valence-electron chi connectivity index (χ1n) is 5.68. The Kier molecular flexibility index (Phi) is 5.90. The molecule has 0 aliphatic carbocycles. The zero-order chi connectivity index (χ0) is 11.8. The second-order valence-electron chi connectivity index (χ2n) is 3.62. The van der Waals surface area contributed by atoms with Crippen molar-refractivity contribution in [1.29, 1.82) is 0 Å². The van der Waals surface area contributed by atoms with Gasteiger partial charge in [0.25, 0.3) is 0 Å². The first-order chi connectivity index (χ1) is 7.79. The quantitative estimate of drug-likeness (QED) is 0.723. The summed E-state index contributed by atoms with van der Waals surface area (Å²) in [4.78, 5) is 0. The fraction of sp³-hybridized carbons (Fsp3) is 0.538. The molecule has 0 fully saturated rings. The lowest BCUT2D eigenvalue weighted by molar-refractivity contribution is 0.133. The van der Waals surface area contributed by atoms with Crippen LogP contribution in [0, 0.1) is 0 Å². The summed E-state index contributed by atoms with van der Waals surface area (Å²) < 4.78 is 10.4. The van der Waals surface area contributed by atoms with E-state index in [0.29, 0.717) is 19.6 Å². The molecule has 16 heavy (non-hydrogen) atoms. The Morgan fingerprint density at radius 3 is 2.75 bits per heavy atom. The van der Waals surface area contributed by atoms with E-state index in [0.717, 1.165) is 17.7 Å². The van der Waals surface area contributed by atoms with E-state index in [1.807, 2.05) is 31.2 Å². The second-order valence-corrected chi connectivity index (χ2v) is 3.62. The van der Waals surface area contributed by atoms with Crippen LogP contribution in [-0.4, -0.2) is 25.4 Å². The fourth-order valence-corrected chi connectivity index (χ4v) is 1.62. The topological polar surface area (TPSA) is 38.7 Å². The van der Waals surface area contributed by atoms with Gasteiger partial charge in [-0.25, -0.2) is 0 Å². The molecule has 1 rings (SSSR count). The Bertz CT molecular complexity index is 299. The highest BCUT2D eigenvalue weighted by molar-refractivity contribution is 5.34. The first-order valence-corrected chi connectivity index (χ1v) is 5.68. The molecule has 1 unspecified atom stereocenters. The third-order valence-corrected chi connectivity index (χ3v) is 2.40. The van der Waals surface area contributed by atoms with E-state index >= 15 is 0 Å². The third kappa shape index (κ3) is 3.83. The number of para-hydroxylation sites is 1. The predicted octanol–water partition coefficient (Wildman–Crippen LogP) is 2.55. The monoisotopic (exact) mass is 224 g/mol. The highest BCUT2D eigenvalue weighted by Gasteiger charge is 2.12. The summed E-state index contributed by atoms with van der Waals surface area (Å²) in [5.41, 5.74) is 0.862. The Hall–Kier alpha value is -1.06. The van der Waals surface area contributed by atoms with Gasteiger partial charge in [-0.3, -0.25) is 0 Å². The number of methoxy groups -OCH3 is 1. The molecule has 1 atom stereocenters. The van der Waals surface area contributed by atoms with Gasteiger partial charge in [-0.05, 0) is 25.8 Å². The molecule has 1 aromatic rings. The van der Waals surface area contributed by atoms with E-state index in [2.05, 4.69) is 0 Å². The molecule has 0 amide bonds. The Morgan fingerprint density at radius 2 is 2.06 bits per heavy atom. The van der Waals surface area contributed by atoms with Gasteiger partial charge in [0.15, 0.2) is 0 Å². The maximum absolute atomic E-state index is 10.0. The smallest absolute Gasteiger partial charge is 0.125 e. The third-order valence-electron chi connectivity index (χ3n) is 2.40. The van der Waals surface area contributed by atoms with Gasteiger partial charge in [0, 0.05) is 19.3 Å². The van der Waals surface area contributed by atoms with Crippen LogP contribution in [-0.2, 0) is 4.74 Å². The van der Waals surface area contributed by atoms with Crippen molar-refractivity contribution in [2.24, 2.45) is 0 Å². The average Bonchev–Trinajstić information content (AvgIpc) is 2.30. The van der Waals surface area contributed by atoms with Crippen LogP contribution in [0.2, 0.25) is 0 Å². The molecule has 90 valence electrons. The molecule has 0 saturated heterocycles. The van der Waals surface area contributed by atoms with Gasteiger partial charge in [-0.1, -0.05) is 18.2 Å². The molecule has 1 N–H and O–H groups in total. The van der Waals surface area contributed by atoms with E-state index in [-0.39, 0.29) is 0 Å². The first kappa shape index (κ1) is 13.0. The number of hydrogen-bond acceptors (Lipinski definition) is 3. The van der Waals surface area contributed by atoms with Gasteiger partial charge >= 0.3 is 0 Å². The van der Waals surface area contributed by atoms with Crippen molar-refractivity contribution < 1.29 is 14.6 Å². The van der Waals surface area contributed by atoms with Crippen molar-refractivity contribution in [2.75, 3.05) is 20.3 Å². The van der Waals surface area contributed by atoms with E-state index in [4.69, 9.17) is 9.47 Å². The highest BCUT2D eigenvalue weighted by Crippen LogP contribution is 2.27. The molecule has 3 nitrogen and oxygen atoms in total. The van der Waals surface area contributed by atoms with Crippen LogP contribution in [0.15, 0.2) is 24.3 Å². The minimum atomic E-state index is -0.474. The second kappa shape index (κ2) is 7.25. The maximum atomic E-state index is 10.0. The molecular weight excluding hydrogens is 204 g/mol. The van der Waals surface area contributed by atoms with Crippen LogP contribution >= 0.6 is 0 Å². The van der Waals surface area contributed by atoms with Crippen molar-refractivity contribution in [3.05, 3.63) is 29.8 Å². The number of ether oxygens (including phenoxy) is 2. The molecule has 0 aliphatic rings. The van der Waals surface area contributed by atoms with Crippen LogP contribution in [0.25, 0.3) is 0 Å². The van der Waals surface area contributed by atoms with Crippen LogP contribution in [0.1, 0.15) is 31.4 Å². The van der Waals surface area contributed by atoms with Crippen molar-refractivity contribution in [1.82, 2.24) is 0 Å². The molecule has 0 heterocycles. The molecule has 3 heteroatoms. The van der Waals surface area contributed by atoms with E-state index in [9.17, 15) is 5.11 Å². The van der Waals surface area contributed by atoms with E-state index in [1.165, 1.54) is 0 Å². The van der Waals surface area contributed by atoms with Gasteiger partial charge < -0.3 is 14.6 Å². The summed E-state index contributed by atoms with van der Waals surface area (Å²) in [6.07, 6.45) is 1.06. The van der Waals surface area contributed by atoms with Crippen molar-refractivity contribution >= 4 is 0 Å². The van der Waals surface area contributed by atoms with Crippen molar-refractivity contribution in [3.63, 3.8) is 0 Å². The Morgan fingerprint density at radius 1 is 1.31 bits per heavy atom. The lowest BCUT2D eigenvalue weighted by atomic mass is 10.0. The van der Waals surface area contributed by atoms with E-state index < -0.39 is 6.10 Å². The number of benzene rings is 1. The Balaban J connectivity index is 2.62. The normalized spacial score (nSPS) is 12.4. The fourth-order valence-electron chi connectivity index (χ4n) is 1.62. The lowest BCUT2D eigenvalue weighted by Gasteiger charge is -2.15. The molecule has 0 saturated carbocycles. The number of rotatable bonds is 7. The van der Waals surface area contributed by atoms with Gasteiger partial charge in [-0.15, -0.1) is 0 Å². The molecule has 0 aromatic heterocycles. The standard InChI is InChI=1S/C13H20O3/c1-3-16-13-9-5-4-7-11(13)12(14)8-6-10-15-2/h4-5,7,9,12,14H,3,6,8,10H2,1-2H3. The lowest BCUT2D eigenvalue weighted by Crippen LogP contribution is -2.03. The highest BCUT2D eigenvalue weighted by atomic mass is 16.5. The summed E-state index contributed by atoms with van der Waals surface area (Å²) in [7, 11) is 1.67. The van der Waals surface area contributed by atoms with Crippen LogP contribution in [0.5, 0.6) is 5.75 Å². The van der Waals surface area contributed by atoms with Gasteiger partial charge in [0.05, 0.1) is 12.7 Å². The minimum Gasteiger partial charge on any atom is -0.493 e. The zero-order valence-electron chi connectivity index (χ0n) is 9.98. The molecule has 0 spiro atoms. The van der Waals surface area contributed by atoms with Gasteiger partial charge in [0.2, 0.25) is 0 Å². The maximum Gasteiger partial charge on any atom is 0.125 e. The Labute approximate surface area is 97.0 Å². The summed E-state index contributed by atoms with van der Waals surface area (Å²) in [5, 5.41) is 10.0. The van der Waals surface area contributed by atoms with Crippen LogP contribution in [0.3, 0.4) is 0 Å². The summed E-state index contributed by atoms with van der Waals surface area (Å²) in [6.45, 7) is 3.23. The molecule has 0 aliphatic heterocycles. The summed E-state index contributed by atoms with van der Waals surface area (Å²) >= 11 is 0.